The number of hydrogen-bond acceptors (Lipinski definition) is 3. The van der Waals surface area contributed by atoms with E-state index in [0.29, 0.717) is 11.0 Å². The fourth-order valence-corrected chi connectivity index (χ4v) is 3.16. The largest absolute Gasteiger partial charge is 0.319 e. The van der Waals surface area contributed by atoms with Crippen molar-refractivity contribution in [1.82, 2.24) is 15.1 Å². The first-order valence-electron chi connectivity index (χ1n) is 6.82. The number of likely N-dealkylation sites (N-methyl/N-ethyl adjacent to an activating group) is 2. The van der Waals surface area contributed by atoms with E-state index in [9.17, 15) is 0 Å². The van der Waals surface area contributed by atoms with Gasteiger partial charge in [-0.05, 0) is 52.9 Å². The molecule has 0 aliphatic heterocycles. The van der Waals surface area contributed by atoms with Gasteiger partial charge in [0.15, 0.2) is 0 Å². The third-order valence-electron chi connectivity index (χ3n) is 4.15. The highest BCUT2D eigenvalue weighted by Crippen LogP contribution is 2.37. The van der Waals surface area contributed by atoms with Crippen LogP contribution in [0.1, 0.15) is 33.1 Å². The van der Waals surface area contributed by atoms with Crippen molar-refractivity contribution in [3.63, 3.8) is 0 Å². The predicted octanol–water partition coefficient (Wildman–Crippen LogP) is 1.65. The van der Waals surface area contributed by atoms with Crippen LogP contribution in [0.25, 0.3) is 0 Å². The third-order valence-corrected chi connectivity index (χ3v) is 4.15. The molecule has 0 amide bonds. The Morgan fingerprint density at radius 3 is 2.12 bits per heavy atom. The molecule has 0 aromatic rings. The highest BCUT2D eigenvalue weighted by molar-refractivity contribution is 4.98. The zero-order chi connectivity index (χ0) is 13.1. The molecule has 0 atom stereocenters. The van der Waals surface area contributed by atoms with E-state index in [1.807, 2.05) is 7.05 Å². The van der Waals surface area contributed by atoms with Gasteiger partial charge in [0.05, 0.1) is 0 Å². The molecule has 1 N–H and O–H groups in total. The maximum Gasteiger partial charge on any atom is 0.0330 e. The number of hydrogen-bond donors (Lipinski definition) is 1. The maximum absolute atomic E-state index is 3.29. The van der Waals surface area contributed by atoms with E-state index < -0.39 is 0 Å². The minimum absolute atomic E-state index is 0.348. The minimum Gasteiger partial charge on any atom is -0.319 e. The molecule has 1 rings (SSSR count). The molecular formula is C14H31N3. The minimum atomic E-state index is 0.348. The molecule has 0 spiro atoms. The average Bonchev–Trinajstić information content (AvgIpc) is 2.09. The lowest BCUT2D eigenvalue weighted by Gasteiger charge is -2.50. The molecule has 3 nitrogen and oxygen atoms in total. The van der Waals surface area contributed by atoms with Crippen molar-refractivity contribution in [2.75, 3.05) is 47.8 Å². The fraction of sp³-hybridized carbons (Fsp3) is 1.00. The molecule has 1 fully saturated rings. The van der Waals surface area contributed by atoms with E-state index >= 15 is 0 Å². The van der Waals surface area contributed by atoms with Crippen molar-refractivity contribution in [3.8, 4) is 0 Å². The van der Waals surface area contributed by atoms with Crippen molar-refractivity contribution >= 4 is 0 Å². The number of rotatable bonds is 7. The number of nitrogens with zero attached hydrogens (tertiary/aromatic N) is 2. The van der Waals surface area contributed by atoms with E-state index in [4.69, 9.17) is 0 Å². The Kier molecular flexibility index (Phi) is 4.99. The number of nitrogens with one attached hydrogen (secondary N) is 1. The SMILES string of the molecule is CNCC(C)(C)CN(C)CC1(N(C)C)CCC1. The van der Waals surface area contributed by atoms with E-state index in [-0.39, 0.29) is 0 Å². The molecular weight excluding hydrogens is 210 g/mol. The van der Waals surface area contributed by atoms with Gasteiger partial charge in [-0.3, -0.25) is 0 Å². The summed E-state index contributed by atoms with van der Waals surface area (Å²) in [5, 5.41) is 3.29. The van der Waals surface area contributed by atoms with Crippen LogP contribution in [0.5, 0.6) is 0 Å². The van der Waals surface area contributed by atoms with Crippen molar-refractivity contribution in [1.29, 1.82) is 0 Å². The molecule has 1 saturated carbocycles. The molecule has 0 unspecified atom stereocenters. The summed E-state index contributed by atoms with van der Waals surface area (Å²) >= 11 is 0. The molecule has 1 aliphatic carbocycles. The topological polar surface area (TPSA) is 18.5 Å². The summed E-state index contributed by atoms with van der Waals surface area (Å²) in [5.74, 6) is 0. The second-order valence-electron chi connectivity index (χ2n) is 6.84. The van der Waals surface area contributed by atoms with Crippen LogP contribution < -0.4 is 5.32 Å². The molecule has 0 radical (unpaired) electrons. The van der Waals surface area contributed by atoms with Crippen LogP contribution in [-0.2, 0) is 0 Å². The molecule has 0 aromatic carbocycles. The Morgan fingerprint density at radius 2 is 1.76 bits per heavy atom. The van der Waals surface area contributed by atoms with Crippen molar-refractivity contribution in [3.05, 3.63) is 0 Å². The molecule has 1 aliphatic rings. The molecule has 0 bridgehead atoms. The van der Waals surface area contributed by atoms with Gasteiger partial charge in [0.1, 0.15) is 0 Å². The first kappa shape index (κ1) is 14.9. The van der Waals surface area contributed by atoms with Crippen LogP contribution in [0.4, 0.5) is 0 Å². The van der Waals surface area contributed by atoms with Crippen LogP contribution in [0, 0.1) is 5.41 Å². The van der Waals surface area contributed by atoms with Crippen molar-refractivity contribution < 1.29 is 0 Å². The van der Waals surface area contributed by atoms with Gasteiger partial charge in [-0.1, -0.05) is 13.8 Å². The second kappa shape index (κ2) is 5.68. The molecule has 0 saturated heterocycles. The average molecular weight is 241 g/mol. The lowest BCUT2D eigenvalue weighted by molar-refractivity contribution is 0.0190. The van der Waals surface area contributed by atoms with Crippen molar-refractivity contribution in [2.24, 2.45) is 5.41 Å². The van der Waals surface area contributed by atoms with E-state index in [1.54, 1.807) is 0 Å². The van der Waals surface area contributed by atoms with E-state index in [1.165, 1.54) is 25.8 Å². The van der Waals surface area contributed by atoms with E-state index in [0.717, 1.165) is 13.1 Å². The maximum atomic E-state index is 3.29. The van der Waals surface area contributed by atoms with Crippen LogP contribution >= 0.6 is 0 Å². The lowest BCUT2D eigenvalue weighted by atomic mass is 9.75. The quantitative estimate of drug-likeness (QED) is 0.731. The summed E-state index contributed by atoms with van der Waals surface area (Å²) in [5.41, 5.74) is 0.797. The van der Waals surface area contributed by atoms with Gasteiger partial charge >= 0.3 is 0 Å². The predicted molar refractivity (Wildman–Crippen MR) is 75.5 cm³/mol. The Labute approximate surface area is 108 Å². The first-order chi connectivity index (χ1) is 7.81. The summed E-state index contributed by atoms with van der Waals surface area (Å²) in [6, 6.07) is 0. The van der Waals surface area contributed by atoms with Crippen LogP contribution in [0.15, 0.2) is 0 Å². The van der Waals surface area contributed by atoms with Gasteiger partial charge in [0.2, 0.25) is 0 Å². The van der Waals surface area contributed by atoms with Gasteiger partial charge in [0, 0.05) is 25.2 Å². The van der Waals surface area contributed by atoms with Gasteiger partial charge in [-0.15, -0.1) is 0 Å². The molecule has 0 aromatic heterocycles. The van der Waals surface area contributed by atoms with Crippen LogP contribution in [-0.4, -0.2) is 63.2 Å². The monoisotopic (exact) mass is 241 g/mol. The van der Waals surface area contributed by atoms with Crippen LogP contribution in [0.3, 0.4) is 0 Å². The second-order valence-corrected chi connectivity index (χ2v) is 6.84. The first-order valence-corrected chi connectivity index (χ1v) is 6.82. The Hall–Kier alpha value is -0.120. The molecule has 17 heavy (non-hydrogen) atoms. The summed E-state index contributed by atoms with van der Waals surface area (Å²) in [7, 11) is 8.76. The zero-order valence-electron chi connectivity index (χ0n) is 12.6. The summed E-state index contributed by atoms with van der Waals surface area (Å²) in [6.07, 6.45) is 4.11. The van der Waals surface area contributed by atoms with Crippen molar-refractivity contribution in [2.45, 2.75) is 38.6 Å². The zero-order valence-corrected chi connectivity index (χ0v) is 12.6. The standard InChI is InChI=1S/C14H31N3/c1-13(2,10-15-3)11-17(6)12-14(16(4)5)8-7-9-14/h15H,7-12H2,1-6H3. The van der Waals surface area contributed by atoms with Gasteiger partial charge < -0.3 is 15.1 Å². The van der Waals surface area contributed by atoms with Gasteiger partial charge in [0.25, 0.3) is 0 Å². The molecule has 0 heterocycles. The summed E-state index contributed by atoms with van der Waals surface area (Å²) in [6.45, 7) is 8.11. The van der Waals surface area contributed by atoms with Gasteiger partial charge in [-0.25, -0.2) is 0 Å². The molecule has 102 valence electrons. The van der Waals surface area contributed by atoms with Crippen LogP contribution in [0.2, 0.25) is 0 Å². The van der Waals surface area contributed by atoms with E-state index in [2.05, 4.69) is 50.1 Å². The summed E-state index contributed by atoms with van der Waals surface area (Å²) < 4.78 is 0. The smallest absolute Gasteiger partial charge is 0.0330 e. The third kappa shape index (κ3) is 3.94. The normalized spacial score (nSPS) is 19.8. The highest BCUT2D eigenvalue weighted by atomic mass is 15.2. The Balaban J connectivity index is 2.46. The Morgan fingerprint density at radius 1 is 1.18 bits per heavy atom. The van der Waals surface area contributed by atoms with Gasteiger partial charge in [-0.2, -0.15) is 0 Å². The highest BCUT2D eigenvalue weighted by Gasteiger charge is 2.40. The lowest BCUT2D eigenvalue weighted by Crippen LogP contribution is -2.57. The Bertz CT molecular complexity index is 232. The summed E-state index contributed by atoms with van der Waals surface area (Å²) in [4.78, 5) is 4.94. The molecule has 3 heteroatoms. The fourth-order valence-electron chi connectivity index (χ4n) is 3.16.